The van der Waals surface area contributed by atoms with Crippen molar-refractivity contribution in [2.75, 3.05) is 26.2 Å². The van der Waals surface area contributed by atoms with Crippen LogP contribution in [0.4, 0.5) is 0 Å². The Hall–Kier alpha value is -1.89. The van der Waals surface area contributed by atoms with Crippen molar-refractivity contribution in [1.29, 1.82) is 0 Å². The molecule has 0 saturated carbocycles. The van der Waals surface area contributed by atoms with E-state index in [1.54, 1.807) is 6.92 Å². The highest BCUT2D eigenvalue weighted by molar-refractivity contribution is 5.70. The second-order valence-corrected chi connectivity index (χ2v) is 14.0. The molecule has 0 spiro atoms. The van der Waals surface area contributed by atoms with Gasteiger partial charge in [0.2, 0.25) is 0 Å². The van der Waals surface area contributed by atoms with Crippen LogP contribution in [0.1, 0.15) is 175 Å². The number of quaternary nitrogens is 1. The van der Waals surface area contributed by atoms with E-state index < -0.39 is 35.7 Å². The molecule has 0 radical (unpaired) electrons. The Bertz CT molecular complexity index is 738. The van der Waals surface area contributed by atoms with E-state index in [0.29, 0.717) is 25.8 Å². The maximum Gasteiger partial charge on any atom is 0.312 e. The van der Waals surface area contributed by atoms with Crippen LogP contribution in [-0.2, 0) is 14.4 Å². The van der Waals surface area contributed by atoms with Gasteiger partial charge in [0, 0.05) is 5.92 Å². The van der Waals surface area contributed by atoms with E-state index in [1.165, 1.54) is 96.3 Å². The van der Waals surface area contributed by atoms with Gasteiger partial charge < -0.3 is 24.6 Å². The normalized spacial score (nSPS) is 15.0. The first kappa shape index (κ1) is 44.1. The molecule has 3 unspecified atom stereocenters. The van der Waals surface area contributed by atoms with Crippen molar-refractivity contribution in [1.82, 2.24) is 0 Å². The fraction of sp³-hybridized carbons (Fsp3) is 0.872. The first-order valence-electron chi connectivity index (χ1n) is 19.3. The third kappa shape index (κ3) is 22.6. The summed E-state index contributed by atoms with van der Waals surface area (Å²) < 4.78 is 0.205. The van der Waals surface area contributed by atoms with Crippen LogP contribution in [-0.4, -0.2) is 58.8 Å². The van der Waals surface area contributed by atoms with Crippen LogP contribution in [0.5, 0.6) is 0 Å². The van der Waals surface area contributed by atoms with Gasteiger partial charge in [-0.15, -0.1) is 0 Å². The lowest BCUT2D eigenvalue weighted by Crippen LogP contribution is -2.59. The van der Waals surface area contributed by atoms with Gasteiger partial charge in [-0.25, -0.2) is 0 Å². The van der Waals surface area contributed by atoms with E-state index >= 15 is 0 Å². The molecule has 0 aromatic heterocycles. The van der Waals surface area contributed by atoms with E-state index in [1.807, 2.05) is 13.8 Å². The zero-order valence-corrected chi connectivity index (χ0v) is 30.5. The molecule has 0 saturated heterocycles. The van der Waals surface area contributed by atoms with Crippen LogP contribution in [0.15, 0.2) is 12.2 Å². The fourth-order valence-corrected chi connectivity index (χ4v) is 6.79. The monoisotopic (exact) mass is 652 g/mol. The first-order chi connectivity index (χ1) is 22.2. The largest absolute Gasteiger partial charge is 0.550 e. The number of unbranched alkanes of at least 4 members (excludes halogenated alkanes) is 18. The Morgan fingerprint density at radius 2 is 0.848 bits per heavy atom. The summed E-state index contributed by atoms with van der Waals surface area (Å²) in [4.78, 5) is 35.9. The Labute approximate surface area is 283 Å². The number of carbonyl (C=O) groups is 3. The zero-order valence-electron chi connectivity index (χ0n) is 30.5. The molecule has 3 atom stereocenters. The highest BCUT2D eigenvalue weighted by Gasteiger charge is 2.39. The molecule has 0 aliphatic rings. The van der Waals surface area contributed by atoms with Gasteiger partial charge in [-0.1, -0.05) is 130 Å². The standard InChI is InChI=1S/C39H73NO6/c1-5-9-10-11-12-13-14-15-16-17-18-19-20-21-22-23-24-25-26-27-28-29-30-40(31-34(6-2)37(41)42,32-35(7-3)38(43)44)33-36(8-4)39(45)46/h24-25,34-36H,5-23,26-33H2,1-4H3,(H2-,41,42,43,44,45,46)/b25-24+. The fourth-order valence-electron chi connectivity index (χ4n) is 6.79. The predicted octanol–water partition coefficient (Wildman–Crippen LogP) is 9.18. The van der Waals surface area contributed by atoms with Crippen LogP contribution >= 0.6 is 0 Å². The molecule has 0 aromatic carbocycles. The van der Waals surface area contributed by atoms with Crippen LogP contribution in [0, 0.1) is 17.8 Å². The van der Waals surface area contributed by atoms with Crippen LogP contribution in [0.25, 0.3) is 0 Å². The molecule has 7 nitrogen and oxygen atoms in total. The summed E-state index contributed by atoms with van der Waals surface area (Å²) in [5, 5.41) is 31.6. The van der Waals surface area contributed by atoms with Crippen molar-refractivity contribution in [3.63, 3.8) is 0 Å². The molecule has 7 heteroatoms. The zero-order chi connectivity index (χ0) is 34.5. The Balaban J connectivity index is 4.48. The Morgan fingerprint density at radius 1 is 0.522 bits per heavy atom. The third-order valence-electron chi connectivity index (χ3n) is 9.98. The molecule has 0 bridgehead atoms. The maximum atomic E-state index is 12.0. The quantitative estimate of drug-likeness (QED) is 0.0407. The molecule has 46 heavy (non-hydrogen) atoms. The van der Waals surface area contributed by atoms with Crippen molar-refractivity contribution < 1.29 is 34.2 Å². The van der Waals surface area contributed by atoms with E-state index in [0.717, 1.165) is 32.1 Å². The summed E-state index contributed by atoms with van der Waals surface area (Å²) in [6, 6.07) is 0. The van der Waals surface area contributed by atoms with Crippen LogP contribution < -0.4 is 5.11 Å². The summed E-state index contributed by atoms with van der Waals surface area (Å²) >= 11 is 0. The Kier molecular flexibility index (Phi) is 28.1. The molecular weight excluding hydrogens is 578 g/mol. The minimum absolute atomic E-state index is 0.205. The SMILES string of the molecule is CCCCCCCCCCCCCCCCC/C=C/CCCCC[N+](CC(CC)C(=O)[O-])(CC(CC)C(=O)O)CC(CC)C(=O)O. The molecule has 0 aliphatic carbocycles. The average Bonchev–Trinajstić information content (AvgIpc) is 3.03. The predicted molar refractivity (Wildman–Crippen MR) is 189 cm³/mol. The van der Waals surface area contributed by atoms with Gasteiger partial charge in [0.15, 0.2) is 0 Å². The molecule has 0 aromatic rings. The topological polar surface area (TPSA) is 115 Å². The van der Waals surface area contributed by atoms with E-state index in [9.17, 15) is 29.7 Å². The van der Waals surface area contributed by atoms with E-state index in [-0.39, 0.29) is 24.1 Å². The minimum atomic E-state index is -1.14. The summed E-state index contributed by atoms with van der Waals surface area (Å²) in [6.07, 6.45) is 31.3. The van der Waals surface area contributed by atoms with Gasteiger partial charge in [0.25, 0.3) is 0 Å². The van der Waals surface area contributed by atoms with Gasteiger partial charge in [-0.3, -0.25) is 9.59 Å². The van der Waals surface area contributed by atoms with E-state index in [2.05, 4.69) is 19.1 Å². The average molecular weight is 652 g/mol. The molecule has 0 rings (SSSR count). The second kappa shape index (κ2) is 29.3. The van der Waals surface area contributed by atoms with Crippen molar-refractivity contribution in [3.8, 4) is 0 Å². The molecule has 0 amide bonds. The number of carboxylic acids is 3. The van der Waals surface area contributed by atoms with Gasteiger partial charge in [-0.05, 0) is 57.8 Å². The summed E-state index contributed by atoms with van der Waals surface area (Å²) in [5.41, 5.74) is 0. The highest BCUT2D eigenvalue weighted by Crippen LogP contribution is 2.25. The Morgan fingerprint density at radius 3 is 1.17 bits per heavy atom. The van der Waals surface area contributed by atoms with Gasteiger partial charge in [0.05, 0.1) is 32.1 Å². The number of hydrogen-bond acceptors (Lipinski definition) is 4. The van der Waals surface area contributed by atoms with Crippen LogP contribution in [0.3, 0.4) is 0 Å². The van der Waals surface area contributed by atoms with Crippen molar-refractivity contribution in [2.45, 2.75) is 175 Å². The van der Waals surface area contributed by atoms with Crippen molar-refractivity contribution in [2.24, 2.45) is 17.8 Å². The number of carboxylic acid groups (broad SMARTS) is 3. The first-order valence-corrected chi connectivity index (χ1v) is 19.3. The van der Waals surface area contributed by atoms with Crippen molar-refractivity contribution in [3.05, 3.63) is 12.2 Å². The number of hydrogen-bond donors (Lipinski definition) is 2. The summed E-state index contributed by atoms with van der Waals surface area (Å²) in [5.74, 6) is -4.99. The summed E-state index contributed by atoms with van der Waals surface area (Å²) in [6.45, 7) is 9.01. The number of allylic oxidation sites excluding steroid dienone is 2. The molecule has 0 fully saturated rings. The minimum Gasteiger partial charge on any atom is -0.550 e. The highest BCUT2D eigenvalue weighted by atomic mass is 16.4. The third-order valence-corrected chi connectivity index (χ3v) is 9.98. The number of carbonyl (C=O) groups excluding carboxylic acids is 1. The van der Waals surface area contributed by atoms with Gasteiger partial charge in [-0.2, -0.15) is 0 Å². The molecule has 270 valence electrons. The molecule has 0 aliphatic heterocycles. The van der Waals surface area contributed by atoms with Crippen LogP contribution in [0.2, 0.25) is 0 Å². The molecular formula is C39H73NO6. The summed E-state index contributed by atoms with van der Waals surface area (Å²) in [7, 11) is 0. The lowest BCUT2D eigenvalue weighted by atomic mass is 9.95. The number of nitrogens with zero attached hydrogens (tertiary/aromatic N) is 1. The molecule has 2 N–H and O–H groups in total. The number of rotatable bonds is 34. The van der Waals surface area contributed by atoms with Gasteiger partial charge >= 0.3 is 11.9 Å². The smallest absolute Gasteiger partial charge is 0.312 e. The lowest BCUT2D eigenvalue weighted by Gasteiger charge is -2.44. The van der Waals surface area contributed by atoms with Crippen molar-refractivity contribution >= 4 is 17.9 Å². The van der Waals surface area contributed by atoms with E-state index in [4.69, 9.17) is 0 Å². The van der Waals surface area contributed by atoms with Gasteiger partial charge in [0.1, 0.15) is 11.8 Å². The second-order valence-electron chi connectivity index (χ2n) is 14.0. The maximum absolute atomic E-state index is 12.0. The number of aliphatic carboxylic acids is 3. The molecule has 0 heterocycles. The lowest BCUT2D eigenvalue weighted by molar-refractivity contribution is -0.935.